The Morgan fingerprint density at radius 1 is 1.28 bits per heavy atom. The normalized spacial score (nSPS) is 10.4. The molecule has 3 rings (SSSR count). The molecule has 2 aromatic heterocycles. The molecule has 0 bridgehead atoms. The topological polar surface area (TPSA) is 64.1 Å². The molecule has 2 heterocycles. The Bertz CT molecular complexity index is 833. The maximum atomic E-state index is 12.1. The molecular weight excluding hydrogens is 334 g/mol. The van der Waals surface area contributed by atoms with Crippen molar-refractivity contribution in [2.24, 2.45) is 0 Å². The number of aromatic nitrogens is 2. The van der Waals surface area contributed by atoms with Crippen molar-refractivity contribution in [1.82, 2.24) is 15.3 Å². The summed E-state index contributed by atoms with van der Waals surface area (Å²) in [6, 6.07) is 11.3. The Labute approximate surface area is 150 Å². The van der Waals surface area contributed by atoms with E-state index in [1.165, 1.54) is 0 Å². The predicted molar refractivity (Wildman–Crippen MR) is 97.9 cm³/mol. The van der Waals surface area contributed by atoms with Crippen molar-refractivity contribution in [1.29, 1.82) is 0 Å². The third-order valence-electron chi connectivity index (χ3n) is 3.54. The van der Waals surface area contributed by atoms with Crippen LogP contribution in [0, 0.1) is 6.92 Å². The predicted octanol–water partition coefficient (Wildman–Crippen LogP) is 3.40. The van der Waals surface area contributed by atoms with Crippen LogP contribution in [-0.4, -0.2) is 22.4 Å². The standard InChI is InChI=1S/C19H19N3O2S/c1-14-4-2-5-15(10-14)19(23)21-9-7-16-13-25-18(22-16)12-24-17-6-3-8-20-11-17/h2-6,8,10-11,13H,7,9,12H2,1H3,(H,21,23). The van der Waals surface area contributed by atoms with Gasteiger partial charge in [0.15, 0.2) is 0 Å². The van der Waals surface area contributed by atoms with Crippen molar-refractivity contribution in [2.75, 3.05) is 6.54 Å². The molecule has 0 saturated carbocycles. The number of hydrogen-bond donors (Lipinski definition) is 1. The Kier molecular flexibility index (Phi) is 5.74. The molecule has 0 unspecified atom stereocenters. The lowest BCUT2D eigenvalue weighted by Gasteiger charge is -2.05. The van der Waals surface area contributed by atoms with E-state index in [1.807, 2.05) is 48.7 Å². The number of nitrogens with zero attached hydrogens (tertiary/aromatic N) is 2. The molecule has 1 N–H and O–H groups in total. The van der Waals surface area contributed by atoms with Gasteiger partial charge in [-0.1, -0.05) is 17.7 Å². The van der Waals surface area contributed by atoms with Gasteiger partial charge in [0.2, 0.25) is 0 Å². The maximum absolute atomic E-state index is 12.1. The molecule has 0 aliphatic rings. The summed E-state index contributed by atoms with van der Waals surface area (Å²) in [4.78, 5) is 20.6. The van der Waals surface area contributed by atoms with Crippen LogP contribution < -0.4 is 10.1 Å². The summed E-state index contributed by atoms with van der Waals surface area (Å²) in [6.07, 6.45) is 4.08. The van der Waals surface area contributed by atoms with Crippen LogP contribution in [-0.2, 0) is 13.0 Å². The molecule has 3 aromatic rings. The summed E-state index contributed by atoms with van der Waals surface area (Å²) in [6.45, 7) is 2.95. The number of carbonyl (C=O) groups is 1. The quantitative estimate of drug-likeness (QED) is 0.707. The van der Waals surface area contributed by atoms with Gasteiger partial charge in [0.1, 0.15) is 17.4 Å². The minimum atomic E-state index is -0.0564. The molecule has 128 valence electrons. The van der Waals surface area contributed by atoms with E-state index >= 15 is 0 Å². The van der Waals surface area contributed by atoms with Crippen LogP contribution in [0.4, 0.5) is 0 Å². The highest BCUT2D eigenvalue weighted by Crippen LogP contribution is 2.14. The first-order valence-electron chi connectivity index (χ1n) is 8.02. The number of nitrogens with one attached hydrogen (secondary N) is 1. The van der Waals surface area contributed by atoms with E-state index in [0.29, 0.717) is 25.1 Å². The van der Waals surface area contributed by atoms with Gasteiger partial charge in [0, 0.05) is 30.1 Å². The Morgan fingerprint density at radius 3 is 3.00 bits per heavy atom. The van der Waals surface area contributed by atoms with E-state index < -0.39 is 0 Å². The van der Waals surface area contributed by atoms with Gasteiger partial charge in [-0.05, 0) is 31.2 Å². The molecule has 25 heavy (non-hydrogen) atoms. The molecular formula is C19H19N3O2S. The average molecular weight is 353 g/mol. The minimum absolute atomic E-state index is 0.0564. The fourth-order valence-corrected chi connectivity index (χ4v) is 3.04. The molecule has 0 spiro atoms. The summed E-state index contributed by atoms with van der Waals surface area (Å²) in [5, 5.41) is 5.84. The maximum Gasteiger partial charge on any atom is 0.251 e. The molecule has 5 nitrogen and oxygen atoms in total. The van der Waals surface area contributed by atoms with Crippen molar-refractivity contribution in [3.63, 3.8) is 0 Å². The van der Waals surface area contributed by atoms with E-state index in [2.05, 4.69) is 15.3 Å². The van der Waals surface area contributed by atoms with Crippen LogP contribution in [0.1, 0.15) is 26.6 Å². The third-order valence-corrected chi connectivity index (χ3v) is 4.41. The summed E-state index contributed by atoms with van der Waals surface area (Å²) in [7, 11) is 0. The van der Waals surface area contributed by atoms with E-state index in [0.717, 1.165) is 22.0 Å². The number of hydrogen-bond acceptors (Lipinski definition) is 5. The molecule has 1 amide bonds. The van der Waals surface area contributed by atoms with Gasteiger partial charge in [-0.2, -0.15) is 0 Å². The van der Waals surface area contributed by atoms with E-state index in [-0.39, 0.29) is 5.91 Å². The summed E-state index contributed by atoms with van der Waals surface area (Å²) >= 11 is 1.56. The number of benzene rings is 1. The highest BCUT2D eigenvalue weighted by atomic mass is 32.1. The largest absolute Gasteiger partial charge is 0.485 e. The number of carbonyl (C=O) groups excluding carboxylic acids is 1. The Morgan fingerprint density at radius 2 is 2.20 bits per heavy atom. The van der Waals surface area contributed by atoms with E-state index in [4.69, 9.17) is 4.74 Å². The molecule has 0 radical (unpaired) electrons. The summed E-state index contributed by atoms with van der Waals surface area (Å²) in [5.74, 6) is 0.670. The number of rotatable bonds is 7. The van der Waals surface area contributed by atoms with Crippen LogP contribution in [0.5, 0.6) is 5.75 Å². The van der Waals surface area contributed by atoms with Crippen LogP contribution in [0.15, 0.2) is 54.2 Å². The molecule has 0 atom stereocenters. The number of pyridine rings is 1. The zero-order valence-corrected chi connectivity index (χ0v) is 14.8. The van der Waals surface area contributed by atoms with Gasteiger partial charge in [0.05, 0.1) is 11.9 Å². The molecule has 6 heteroatoms. The van der Waals surface area contributed by atoms with Crippen LogP contribution in [0.25, 0.3) is 0 Å². The average Bonchev–Trinajstić information content (AvgIpc) is 3.08. The molecule has 1 aromatic carbocycles. The highest BCUT2D eigenvalue weighted by molar-refractivity contribution is 7.09. The third kappa shape index (κ3) is 5.12. The SMILES string of the molecule is Cc1cccc(C(=O)NCCc2csc(COc3cccnc3)n2)c1. The fourth-order valence-electron chi connectivity index (χ4n) is 2.30. The number of amides is 1. The first-order chi connectivity index (χ1) is 12.2. The second-order valence-corrected chi connectivity index (χ2v) is 6.53. The van der Waals surface area contributed by atoms with Gasteiger partial charge in [-0.3, -0.25) is 9.78 Å². The van der Waals surface area contributed by atoms with Gasteiger partial charge in [0.25, 0.3) is 5.91 Å². The fraction of sp³-hybridized carbons (Fsp3) is 0.211. The van der Waals surface area contributed by atoms with Crippen molar-refractivity contribution in [3.05, 3.63) is 76.0 Å². The highest BCUT2D eigenvalue weighted by Gasteiger charge is 2.07. The Balaban J connectivity index is 1.45. The van der Waals surface area contributed by atoms with Gasteiger partial charge < -0.3 is 10.1 Å². The first-order valence-corrected chi connectivity index (χ1v) is 8.89. The number of aryl methyl sites for hydroxylation is 1. The van der Waals surface area contributed by atoms with Crippen LogP contribution in [0.3, 0.4) is 0 Å². The number of ether oxygens (including phenoxy) is 1. The van der Waals surface area contributed by atoms with E-state index in [1.54, 1.807) is 23.7 Å². The van der Waals surface area contributed by atoms with E-state index in [9.17, 15) is 4.79 Å². The van der Waals surface area contributed by atoms with Gasteiger partial charge >= 0.3 is 0 Å². The van der Waals surface area contributed by atoms with Crippen molar-refractivity contribution < 1.29 is 9.53 Å². The van der Waals surface area contributed by atoms with Crippen molar-refractivity contribution in [3.8, 4) is 5.75 Å². The smallest absolute Gasteiger partial charge is 0.251 e. The molecule has 0 saturated heterocycles. The van der Waals surface area contributed by atoms with Gasteiger partial charge in [-0.25, -0.2) is 4.98 Å². The lowest BCUT2D eigenvalue weighted by Crippen LogP contribution is -2.25. The lowest BCUT2D eigenvalue weighted by atomic mass is 10.1. The Hall–Kier alpha value is -2.73. The monoisotopic (exact) mass is 353 g/mol. The second kappa shape index (κ2) is 8.39. The first kappa shape index (κ1) is 17.1. The summed E-state index contributed by atoms with van der Waals surface area (Å²) < 4.78 is 5.63. The van der Waals surface area contributed by atoms with Gasteiger partial charge in [-0.15, -0.1) is 11.3 Å². The van der Waals surface area contributed by atoms with Crippen LogP contribution in [0.2, 0.25) is 0 Å². The molecule has 0 fully saturated rings. The summed E-state index contributed by atoms with van der Waals surface area (Å²) in [5.41, 5.74) is 2.72. The number of thiazole rings is 1. The zero-order valence-electron chi connectivity index (χ0n) is 13.9. The lowest BCUT2D eigenvalue weighted by molar-refractivity contribution is 0.0954. The van der Waals surface area contributed by atoms with Crippen molar-refractivity contribution in [2.45, 2.75) is 20.0 Å². The minimum Gasteiger partial charge on any atom is -0.485 e. The molecule has 0 aliphatic carbocycles. The van der Waals surface area contributed by atoms with Crippen LogP contribution >= 0.6 is 11.3 Å². The zero-order chi connectivity index (χ0) is 17.5. The second-order valence-electron chi connectivity index (χ2n) is 5.59. The van der Waals surface area contributed by atoms with Crippen molar-refractivity contribution >= 4 is 17.2 Å². The molecule has 0 aliphatic heterocycles.